The van der Waals surface area contributed by atoms with Crippen molar-refractivity contribution in [1.29, 1.82) is 0 Å². The van der Waals surface area contributed by atoms with E-state index >= 15 is 0 Å². The second-order valence-electron chi connectivity index (χ2n) is 11.5. The van der Waals surface area contributed by atoms with Crippen LogP contribution in [-0.2, 0) is 33.3 Å². The average molecular weight is 605 g/mol. The number of epoxide rings is 2. The number of carbonyl (C=O) groups excluding carboxylic acids is 2. The summed E-state index contributed by atoms with van der Waals surface area (Å²) in [5, 5.41) is 18.6. The van der Waals surface area contributed by atoms with E-state index in [1.54, 1.807) is 37.5 Å². The van der Waals surface area contributed by atoms with E-state index in [0.29, 0.717) is 19.4 Å². The molecule has 0 bridgehead atoms. The van der Waals surface area contributed by atoms with Crippen LogP contribution in [0.15, 0.2) is 60.3 Å². The summed E-state index contributed by atoms with van der Waals surface area (Å²) in [6.07, 6.45) is 18.0. The van der Waals surface area contributed by atoms with Gasteiger partial charge in [-0.05, 0) is 65.4 Å². The van der Waals surface area contributed by atoms with Crippen molar-refractivity contribution in [3.05, 3.63) is 60.3 Å². The molecule has 0 aromatic rings. The van der Waals surface area contributed by atoms with Crippen LogP contribution >= 0.6 is 0 Å². The molecule has 11 nitrogen and oxygen atoms in total. The number of rotatable bonds is 15. The molecular weight excluding hydrogens is 556 g/mol. The summed E-state index contributed by atoms with van der Waals surface area (Å²) in [6.45, 7) is 7.80. The molecule has 0 radical (unpaired) electrons. The number of carboxylic acid groups (broad SMARTS) is 2. The molecule has 2 aliphatic heterocycles. The highest BCUT2D eigenvalue weighted by atomic mass is 16.6. The summed E-state index contributed by atoms with van der Waals surface area (Å²) in [5.74, 6) is -2.62. The molecule has 0 amide bonds. The molecule has 11 heteroatoms. The van der Waals surface area contributed by atoms with Gasteiger partial charge >= 0.3 is 11.9 Å². The van der Waals surface area contributed by atoms with Gasteiger partial charge in [-0.3, -0.25) is 4.79 Å². The summed E-state index contributed by atoms with van der Waals surface area (Å²) in [6, 6.07) is -0.688. The monoisotopic (exact) mass is 604 g/mol. The van der Waals surface area contributed by atoms with Gasteiger partial charge < -0.3 is 45.4 Å². The fourth-order valence-corrected chi connectivity index (χ4v) is 5.45. The van der Waals surface area contributed by atoms with E-state index in [1.165, 1.54) is 17.7 Å². The quantitative estimate of drug-likeness (QED) is 0.0614. The Kier molecular flexibility index (Phi) is 14.5. The standard InChI is InChI=1S/C26H34O7.C6H14N2O2/c1-18(2)13-14-20-25(3,33-20)24-23(30-4)19(15-16-26(24)17-31-26)32-22(29)12-10-8-6-5-7-9-11-21(27)28;7-4-2-1-3-5(8)6(9)10/h5-13,19-20,23-24H,14-17H2,1-4H3,(H,27,28);5H,1-4,7-8H2,(H,9,10)/b7-5+,8-6+,11-9+,12-10+;/t19-,20-,23-,24-,25+,26+;/m1./s1. The Labute approximate surface area is 254 Å². The van der Waals surface area contributed by atoms with Gasteiger partial charge in [0.1, 0.15) is 29.5 Å². The molecule has 6 N–H and O–H groups in total. The third kappa shape index (κ3) is 11.5. The van der Waals surface area contributed by atoms with E-state index < -0.39 is 23.9 Å². The fourth-order valence-electron chi connectivity index (χ4n) is 5.45. The highest BCUT2D eigenvalue weighted by molar-refractivity contribution is 5.82. The minimum Gasteiger partial charge on any atom is -0.545 e. The first-order valence-electron chi connectivity index (χ1n) is 14.8. The molecule has 7 atom stereocenters. The predicted octanol–water partition coefficient (Wildman–Crippen LogP) is 1.39. The Hall–Kier alpha value is -3.09. The molecule has 43 heavy (non-hydrogen) atoms. The number of quaternary nitrogens is 1. The third-order valence-corrected chi connectivity index (χ3v) is 7.86. The SMILES string of the molecule is CO[C@@H]1[C@H](OC(=O)/C=C/C=C/C=C/C=C/C(=O)[O-])CC[C@]2(CO2)[C@H]1[C@@]1(C)O[C@@H]1CC=C(C)C.NC(CCCC[NH3+])C(=O)O. The summed E-state index contributed by atoms with van der Waals surface area (Å²) < 4.78 is 23.7. The maximum Gasteiger partial charge on any atom is 0.331 e. The largest absolute Gasteiger partial charge is 0.545 e. The van der Waals surface area contributed by atoms with Crippen LogP contribution in [0.1, 0.15) is 59.3 Å². The van der Waals surface area contributed by atoms with Crippen LogP contribution in [0, 0.1) is 5.92 Å². The van der Waals surface area contributed by atoms with Crippen LogP contribution in [0.25, 0.3) is 0 Å². The fraction of sp³-hybridized carbons (Fsp3) is 0.594. The van der Waals surface area contributed by atoms with Crippen LogP contribution in [0.3, 0.4) is 0 Å². The zero-order valence-corrected chi connectivity index (χ0v) is 25.7. The number of allylic oxidation sites excluding steroid dienone is 7. The second kappa shape index (κ2) is 17.3. The van der Waals surface area contributed by atoms with Crippen LogP contribution in [0.5, 0.6) is 0 Å². The molecule has 3 rings (SSSR count). The molecule has 1 spiro atoms. The van der Waals surface area contributed by atoms with E-state index in [1.807, 2.05) is 0 Å². The molecular formula is C32H48N2O9. The predicted molar refractivity (Wildman–Crippen MR) is 158 cm³/mol. The summed E-state index contributed by atoms with van der Waals surface area (Å²) in [5.41, 5.74) is 9.51. The number of unbranched alkanes of at least 4 members (excludes halogenated alkanes) is 1. The molecule has 1 unspecified atom stereocenters. The molecule has 1 aliphatic carbocycles. The maximum absolute atomic E-state index is 12.4. The summed E-state index contributed by atoms with van der Waals surface area (Å²) in [4.78, 5) is 32.8. The Morgan fingerprint density at radius 2 is 1.74 bits per heavy atom. The molecule has 240 valence electrons. The van der Waals surface area contributed by atoms with E-state index in [4.69, 9.17) is 29.8 Å². The number of hydrogen-bond donors (Lipinski definition) is 3. The molecule has 0 aromatic carbocycles. The number of methoxy groups -OCH3 is 1. The Bertz CT molecular complexity index is 1090. The van der Waals surface area contributed by atoms with E-state index in [9.17, 15) is 19.5 Å². The van der Waals surface area contributed by atoms with Crippen molar-refractivity contribution < 1.29 is 49.3 Å². The lowest BCUT2D eigenvalue weighted by Gasteiger charge is -2.42. The number of aliphatic carboxylic acids is 2. The molecule has 3 aliphatic rings. The number of carbonyl (C=O) groups is 3. The van der Waals surface area contributed by atoms with Gasteiger partial charge in [0.25, 0.3) is 0 Å². The van der Waals surface area contributed by atoms with Crippen LogP contribution in [-0.4, -0.2) is 78.8 Å². The topological polar surface area (TPSA) is 192 Å². The van der Waals surface area contributed by atoms with Crippen molar-refractivity contribution in [3.8, 4) is 0 Å². The number of ether oxygens (including phenoxy) is 4. The zero-order valence-electron chi connectivity index (χ0n) is 25.7. The molecule has 2 heterocycles. The number of esters is 1. The van der Waals surface area contributed by atoms with Crippen LogP contribution in [0.4, 0.5) is 0 Å². The zero-order chi connectivity index (χ0) is 32.0. The van der Waals surface area contributed by atoms with Crippen molar-refractivity contribution in [2.24, 2.45) is 11.7 Å². The highest BCUT2D eigenvalue weighted by Gasteiger charge is 2.72. The summed E-state index contributed by atoms with van der Waals surface area (Å²) >= 11 is 0. The van der Waals surface area contributed by atoms with Gasteiger partial charge in [-0.15, -0.1) is 0 Å². The van der Waals surface area contributed by atoms with E-state index in [2.05, 4.69) is 32.6 Å². The van der Waals surface area contributed by atoms with E-state index in [0.717, 1.165) is 38.3 Å². The van der Waals surface area contributed by atoms with Crippen LogP contribution in [0.2, 0.25) is 0 Å². The third-order valence-electron chi connectivity index (χ3n) is 7.86. The van der Waals surface area contributed by atoms with Gasteiger partial charge in [-0.2, -0.15) is 0 Å². The highest BCUT2D eigenvalue weighted by Crippen LogP contribution is 2.59. The number of nitrogens with two attached hydrogens (primary N) is 1. The van der Waals surface area contributed by atoms with Gasteiger partial charge in [0.05, 0.1) is 31.1 Å². The van der Waals surface area contributed by atoms with Crippen molar-refractivity contribution in [2.75, 3.05) is 20.3 Å². The van der Waals surface area contributed by atoms with Crippen molar-refractivity contribution in [2.45, 2.75) is 94.9 Å². The smallest absolute Gasteiger partial charge is 0.331 e. The first-order valence-corrected chi connectivity index (χ1v) is 14.8. The van der Waals surface area contributed by atoms with Gasteiger partial charge in [-0.1, -0.05) is 48.1 Å². The Morgan fingerprint density at radius 3 is 2.28 bits per heavy atom. The lowest BCUT2D eigenvalue weighted by molar-refractivity contribution is -0.368. The van der Waals surface area contributed by atoms with Gasteiger partial charge in [0, 0.05) is 13.2 Å². The number of carboxylic acids is 2. The van der Waals surface area contributed by atoms with Crippen molar-refractivity contribution >= 4 is 17.9 Å². The van der Waals surface area contributed by atoms with Crippen molar-refractivity contribution in [1.82, 2.24) is 0 Å². The minimum atomic E-state index is -1.25. The normalized spacial score (nSPS) is 30.4. The van der Waals surface area contributed by atoms with Crippen molar-refractivity contribution in [3.63, 3.8) is 0 Å². The van der Waals surface area contributed by atoms with Gasteiger partial charge in [0.15, 0.2) is 0 Å². The molecule has 1 saturated carbocycles. The van der Waals surface area contributed by atoms with Gasteiger partial charge in [-0.25, -0.2) is 4.79 Å². The van der Waals surface area contributed by atoms with Gasteiger partial charge in [0.2, 0.25) is 0 Å². The second-order valence-corrected chi connectivity index (χ2v) is 11.5. The minimum absolute atomic E-state index is 0.0137. The average Bonchev–Trinajstić information content (AvgIpc) is 3.86. The van der Waals surface area contributed by atoms with Crippen LogP contribution < -0.4 is 16.6 Å². The first-order chi connectivity index (χ1) is 20.4. The number of hydrogen-bond acceptors (Lipinski definition) is 9. The Balaban J connectivity index is 0.000000553. The lowest BCUT2D eigenvalue weighted by atomic mass is 9.68. The van der Waals surface area contributed by atoms with E-state index in [-0.39, 0.29) is 35.4 Å². The Morgan fingerprint density at radius 1 is 1.12 bits per heavy atom. The maximum atomic E-state index is 12.4. The first kappa shape index (κ1) is 36.1. The molecule has 2 saturated heterocycles. The lowest BCUT2D eigenvalue weighted by Crippen LogP contribution is -2.55. The molecule has 0 aromatic heterocycles. The molecule has 3 fully saturated rings. The summed E-state index contributed by atoms with van der Waals surface area (Å²) in [7, 11) is 1.65.